The monoisotopic (exact) mass is 372 g/mol. The molecule has 5 nitrogen and oxygen atoms in total. The van der Waals surface area contributed by atoms with Crippen LogP contribution in [0.25, 0.3) is 0 Å². The number of nitrogens with zero attached hydrogens (tertiary/aromatic N) is 1. The molecular formula is C22H32N2O3. The summed E-state index contributed by atoms with van der Waals surface area (Å²) in [5.74, 6) is 0.0905. The first-order chi connectivity index (χ1) is 12.8. The zero-order valence-electron chi connectivity index (χ0n) is 16.7. The maximum atomic E-state index is 12.5. The number of carbonyl (C=O) groups is 2. The van der Waals surface area contributed by atoms with Crippen molar-refractivity contribution in [3.8, 4) is 0 Å². The van der Waals surface area contributed by atoms with E-state index in [9.17, 15) is 14.7 Å². The van der Waals surface area contributed by atoms with Crippen molar-refractivity contribution in [3.05, 3.63) is 35.4 Å². The largest absolute Gasteiger partial charge is 0.481 e. The average molecular weight is 373 g/mol. The molecule has 1 unspecified atom stereocenters. The Labute approximate surface area is 162 Å². The molecule has 0 aromatic heterocycles. The number of amides is 1. The molecule has 1 aliphatic carbocycles. The lowest BCUT2D eigenvalue weighted by molar-refractivity contribution is -0.149. The number of likely N-dealkylation sites (tertiary alicyclic amines) is 1. The highest BCUT2D eigenvalue weighted by molar-refractivity contribution is 5.79. The van der Waals surface area contributed by atoms with Crippen LogP contribution in [0.3, 0.4) is 0 Å². The molecule has 1 saturated carbocycles. The number of carboxylic acids is 1. The van der Waals surface area contributed by atoms with Gasteiger partial charge in [0.15, 0.2) is 0 Å². The van der Waals surface area contributed by atoms with Gasteiger partial charge < -0.3 is 10.4 Å². The third-order valence-electron chi connectivity index (χ3n) is 6.24. The Balaban J connectivity index is 1.53. The van der Waals surface area contributed by atoms with Crippen LogP contribution in [0.1, 0.15) is 57.2 Å². The van der Waals surface area contributed by atoms with Gasteiger partial charge >= 0.3 is 5.97 Å². The summed E-state index contributed by atoms with van der Waals surface area (Å²) in [5.41, 5.74) is 1.78. The summed E-state index contributed by atoms with van der Waals surface area (Å²) >= 11 is 0. The summed E-state index contributed by atoms with van der Waals surface area (Å²) in [6.45, 7) is 7.90. The van der Waals surface area contributed by atoms with E-state index >= 15 is 0 Å². The minimum atomic E-state index is -0.692. The van der Waals surface area contributed by atoms with Crippen molar-refractivity contribution in [1.29, 1.82) is 0 Å². The summed E-state index contributed by atoms with van der Waals surface area (Å²) in [6.07, 6.45) is 3.75. The van der Waals surface area contributed by atoms with Crippen LogP contribution in [-0.4, -0.2) is 41.5 Å². The lowest BCUT2D eigenvalue weighted by Crippen LogP contribution is -2.40. The van der Waals surface area contributed by atoms with E-state index in [1.807, 2.05) is 11.8 Å². The standard InChI is InChI=1S/C22H32N2O3/c1-15(2)11-17-6-8-18(9-7-17)16(3)23-20(25)13-24-12-19-5-4-10-22(19,14-24)21(26)27/h6-9,15-16,19H,4-5,10-14H2,1-3H3,(H,23,25)(H,26,27)/t16?,19-,22+/m0/s1. The van der Waals surface area contributed by atoms with Crippen LogP contribution in [0.2, 0.25) is 0 Å². The topological polar surface area (TPSA) is 69.6 Å². The van der Waals surface area contributed by atoms with Crippen molar-refractivity contribution < 1.29 is 14.7 Å². The summed E-state index contributed by atoms with van der Waals surface area (Å²) in [7, 11) is 0. The Morgan fingerprint density at radius 3 is 2.56 bits per heavy atom. The van der Waals surface area contributed by atoms with Gasteiger partial charge in [0.2, 0.25) is 5.91 Å². The number of fused-ring (bicyclic) bond motifs is 1. The molecule has 3 atom stereocenters. The molecule has 0 radical (unpaired) electrons. The number of hydrogen-bond donors (Lipinski definition) is 2. The minimum Gasteiger partial charge on any atom is -0.481 e. The Morgan fingerprint density at radius 2 is 1.96 bits per heavy atom. The molecule has 27 heavy (non-hydrogen) atoms. The molecule has 0 spiro atoms. The summed E-state index contributed by atoms with van der Waals surface area (Å²) in [6, 6.07) is 8.39. The molecule has 2 aliphatic rings. The van der Waals surface area contributed by atoms with E-state index in [1.54, 1.807) is 0 Å². The Bertz CT molecular complexity index is 685. The normalized spacial score (nSPS) is 26.1. The van der Waals surface area contributed by atoms with Crippen molar-refractivity contribution >= 4 is 11.9 Å². The van der Waals surface area contributed by atoms with Crippen molar-refractivity contribution in [3.63, 3.8) is 0 Å². The molecule has 1 saturated heterocycles. The zero-order chi connectivity index (χ0) is 19.6. The molecule has 1 aromatic carbocycles. The van der Waals surface area contributed by atoms with Crippen molar-refractivity contribution in [2.75, 3.05) is 19.6 Å². The van der Waals surface area contributed by atoms with E-state index in [1.165, 1.54) is 5.56 Å². The second-order valence-electron chi connectivity index (χ2n) is 8.85. The first kappa shape index (κ1) is 19.9. The minimum absolute atomic E-state index is 0.0331. The van der Waals surface area contributed by atoms with E-state index in [0.717, 1.165) is 37.8 Å². The third-order valence-corrected chi connectivity index (χ3v) is 6.24. The summed E-state index contributed by atoms with van der Waals surface area (Å²) in [4.78, 5) is 26.3. The van der Waals surface area contributed by atoms with Crippen LogP contribution in [-0.2, 0) is 16.0 Å². The van der Waals surface area contributed by atoms with Gasteiger partial charge in [0.1, 0.15) is 0 Å². The Morgan fingerprint density at radius 1 is 1.26 bits per heavy atom. The van der Waals surface area contributed by atoms with Gasteiger partial charge in [0.25, 0.3) is 0 Å². The van der Waals surface area contributed by atoms with E-state index in [0.29, 0.717) is 12.5 Å². The molecule has 1 aliphatic heterocycles. The van der Waals surface area contributed by atoms with E-state index < -0.39 is 11.4 Å². The number of hydrogen-bond acceptors (Lipinski definition) is 3. The van der Waals surface area contributed by atoms with Gasteiger partial charge in [-0.05, 0) is 49.1 Å². The molecule has 1 heterocycles. The highest BCUT2D eigenvalue weighted by atomic mass is 16.4. The highest BCUT2D eigenvalue weighted by Gasteiger charge is 2.54. The Kier molecular flexibility index (Phi) is 5.89. The van der Waals surface area contributed by atoms with Gasteiger partial charge in [-0.15, -0.1) is 0 Å². The van der Waals surface area contributed by atoms with Crippen molar-refractivity contribution in [2.45, 2.75) is 52.5 Å². The smallest absolute Gasteiger partial charge is 0.311 e. The maximum absolute atomic E-state index is 12.5. The molecule has 2 fully saturated rings. The second kappa shape index (κ2) is 8.01. The van der Waals surface area contributed by atoms with Gasteiger partial charge in [-0.1, -0.05) is 44.5 Å². The second-order valence-corrected chi connectivity index (χ2v) is 8.85. The third kappa shape index (κ3) is 4.34. The predicted molar refractivity (Wildman–Crippen MR) is 105 cm³/mol. The quantitative estimate of drug-likeness (QED) is 0.771. The molecule has 1 aromatic rings. The highest BCUT2D eigenvalue weighted by Crippen LogP contribution is 2.48. The number of carbonyl (C=O) groups excluding carboxylic acids is 1. The number of rotatable bonds is 7. The van der Waals surface area contributed by atoms with E-state index in [4.69, 9.17) is 0 Å². The first-order valence-electron chi connectivity index (χ1n) is 10.1. The Hall–Kier alpha value is -1.88. The molecular weight excluding hydrogens is 340 g/mol. The average Bonchev–Trinajstić information content (AvgIpc) is 3.12. The van der Waals surface area contributed by atoms with Crippen LogP contribution in [0, 0.1) is 17.3 Å². The zero-order valence-corrected chi connectivity index (χ0v) is 16.7. The van der Waals surface area contributed by atoms with E-state index in [2.05, 4.69) is 43.4 Å². The van der Waals surface area contributed by atoms with Gasteiger partial charge in [0.05, 0.1) is 18.0 Å². The summed E-state index contributed by atoms with van der Waals surface area (Å²) in [5, 5.41) is 12.7. The van der Waals surface area contributed by atoms with Crippen molar-refractivity contribution in [2.24, 2.45) is 17.3 Å². The van der Waals surface area contributed by atoms with Crippen LogP contribution >= 0.6 is 0 Å². The van der Waals surface area contributed by atoms with Gasteiger partial charge in [0, 0.05) is 13.1 Å². The fourth-order valence-electron chi connectivity index (χ4n) is 4.85. The van der Waals surface area contributed by atoms with Crippen LogP contribution in [0.4, 0.5) is 0 Å². The number of carboxylic acid groups (broad SMARTS) is 1. The molecule has 148 valence electrons. The fourth-order valence-corrected chi connectivity index (χ4v) is 4.85. The number of aliphatic carboxylic acids is 1. The van der Waals surface area contributed by atoms with Gasteiger partial charge in [-0.25, -0.2) is 0 Å². The van der Waals surface area contributed by atoms with Gasteiger partial charge in [-0.2, -0.15) is 0 Å². The molecule has 1 amide bonds. The predicted octanol–water partition coefficient (Wildman–Crippen LogP) is 3.25. The van der Waals surface area contributed by atoms with Crippen LogP contribution in [0.5, 0.6) is 0 Å². The number of nitrogens with one attached hydrogen (secondary N) is 1. The fraction of sp³-hybridized carbons (Fsp3) is 0.636. The SMILES string of the molecule is CC(C)Cc1ccc(C(C)NC(=O)CN2C[C@@H]3CCC[C@@]3(C(=O)O)C2)cc1. The maximum Gasteiger partial charge on any atom is 0.311 e. The molecule has 3 rings (SSSR count). The lowest BCUT2D eigenvalue weighted by Gasteiger charge is -2.23. The van der Waals surface area contributed by atoms with Gasteiger partial charge in [-0.3, -0.25) is 14.5 Å². The van der Waals surface area contributed by atoms with E-state index in [-0.39, 0.29) is 24.4 Å². The molecule has 2 N–H and O–H groups in total. The van der Waals surface area contributed by atoms with Crippen molar-refractivity contribution in [1.82, 2.24) is 10.2 Å². The van der Waals surface area contributed by atoms with Crippen LogP contribution in [0.15, 0.2) is 24.3 Å². The number of benzene rings is 1. The molecule has 0 bridgehead atoms. The lowest BCUT2D eigenvalue weighted by atomic mass is 9.81. The van der Waals surface area contributed by atoms with Crippen LogP contribution < -0.4 is 5.32 Å². The summed E-state index contributed by atoms with van der Waals surface area (Å²) < 4.78 is 0. The first-order valence-corrected chi connectivity index (χ1v) is 10.1. The molecule has 5 heteroatoms.